The van der Waals surface area contributed by atoms with Gasteiger partial charge in [-0.15, -0.1) is 0 Å². The van der Waals surface area contributed by atoms with Crippen LogP contribution in [-0.2, 0) is 12.6 Å². The summed E-state index contributed by atoms with van der Waals surface area (Å²) in [5.74, 6) is -0.419. The average molecular weight is 454 g/mol. The minimum atomic E-state index is -4.76. The summed E-state index contributed by atoms with van der Waals surface area (Å²) in [4.78, 5) is 16.9. The smallest absolute Gasteiger partial charge is 0.434 e. The molecule has 9 heteroatoms. The van der Waals surface area contributed by atoms with Gasteiger partial charge in [0.2, 0.25) is 5.89 Å². The third-order valence-corrected chi connectivity index (χ3v) is 5.08. The number of hydrogen-bond donors (Lipinski definition) is 1. The Morgan fingerprint density at radius 1 is 1.03 bits per heavy atom. The molecule has 6 nitrogen and oxygen atoms in total. The first-order valence-electron chi connectivity index (χ1n) is 10.2. The lowest BCUT2D eigenvalue weighted by Gasteiger charge is -2.13. The normalized spacial score (nSPS) is 11.5. The number of carbonyl (C=O) groups excluding carboxylic acids is 1. The number of nitrogens with zero attached hydrogens (tertiary/aromatic N) is 3. The van der Waals surface area contributed by atoms with E-state index in [1.54, 1.807) is 12.1 Å². The highest BCUT2D eigenvalue weighted by atomic mass is 19.4. The van der Waals surface area contributed by atoms with E-state index < -0.39 is 23.3 Å². The van der Waals surface area contributed by atoms with Gasteiger partial charge in [0.25, 0.3) is 5.91 Å². The van der Waals surface area contributed by atoms with Gasteiger partial charge >= 0.3 is 6.18 Å². The van der Waals surface area contributed by atoms with Crippen LogP contribution < -0.4 is 5.32 Å². The van der Waals surface area contributed by atoms with E-state index in [9.17, 15) is 18.0 Å². The van der Waals surface area contributed by atoms with Crippen LogP contribution in [0.5, 0.6) is 0 Å². The second-order valence-electron chi connectivity index (χ2n) is 7.67. The van der Waals surface area contributed by atoms with Crippen LogP contribution in [0, 0.1) is 13.8 Å². The van der Waals surface area contributed by atoms with Gasteiger partial charge in [-0.05, 0) is 38.1 Å². The number of aromatic nitrogens is 3. The van der Waals surface area contributed by atoms with Crippen molar-refractivity contribution >= 4 is 5.91 Å². The molecule has 2 heterocycles. The summed E-state index contributed by atoms with van der Waals surface area (Å²) in [6.45, 7) is 3.89. The molecule has 4 aromatic rings. The van der Waals surface area contributed by atoms with E-state index in [-0.39, 0.29) is 12.2 Å². The largest absolute Gasteiger partial charge is 0.444 e. The summed E-state index contributed by atoms with van der Waals surface area (Å²) in [7, 11) is 0. The minimum absolute atomic E-state index is 0.0890. The maximum absolute atomic E-state index is 13.8. The number of aryl methyl sites for hydroxylation is 2. The summed E-state index contributed by atoms with van der Waals surface area (Å²) in [5, 5.41) is 6.34. The maximum atomic E-state index is 13.8. The molecule has 0 saturated carbocycles. The lowest BCUT2D eigenvalue weighted by atomic mass is 10.1. The molecule has 0 saturated heterocycles. The van der Waals surface area contributed by atoms with Crippen LogP contribution in [0.25, 0.3) is 17.1 Å². The van der Waals surface area contributed by atoms with Crippen LogP contribution in [0.4, 0.5) is 13.2 Å². The summed E-state index contributed by atoms with van der Waals surface area (Å²) in [6, 6.07) is 14.1. The van der Waals surface area contributed by atoms with Gasteiger partial charge in [-0.25, -0.2) is 9.67 Å². The molecule has 0 atom stereocenters. The highest BCUT2D eigenvalue weighted by Gasteiger charge is 2.40. The van der Waals surface area contributed by atoms with Crippen molar-refractivity contribution in [1.29, 1.82) is 0 Å². The molecule has 2 aromatic carbocycles. The maximum Gasteiger partial charge on any atom is 0.434 e. The second-order valence-corrected chi connectivity index (χ2v) is 7.67. The molecule has 0 spiro atoms. The van der Waals surface area contributed by atoms with Crippen LogP contribution in [-0.4, -0.2) is 27.2 Å². The molecule has 0 aliphatic carbocycles. The SMILES string of the molecule is Cc1ccc(-c2nc(CCNC(=O)c3cnn(-c4ccc(C)cc4)c3C(F)(F)F)co2)cc1. The van der Waals surface area contributed by atoms with E-state index in [1.165, 1.54) is 18.4 Å². The van der Waals surface area contributed by atoms with E-state index >= 15 is 0 Å². The summed E-state index contributed by atoms with van der Waals surface area (Å²) in [6.07, 6.45) is -2.06. The van der Waals surface area contributed by atoms with Crippen LogP contribution in [0.2, 0.25) is 0 Å². The zero-order valence-electron chi connectivity index (χ0n) is 18.0. The molecule has 0 bridgehead atoms. The second kappa shape index (κ2) is 8.93. The van der Waals surface area contributed by atoms with E-state index in [0.29, 0.717) is 18.0 Å². The predicted octanol–water partition coefficient (Wildman–Crippen LogP) is 5.14. The lowest BCUT2D eigenvalue weighted by Crippen LogP contribution is -2.28. The average Bonchev–Trinajstić information content (AvgIpc) is 3.42. The zero-order valence-corrected chi connectivity index (χ0v) is 18.0. The topological polar surface area (TPSA) is 73.0 Å². The molecule has 0 aliphatic heterocycles. The highest BCUT2D eigenvalue weighted by molar-refractivity contribution is 5.95. The van der Waals surface area contributed by atoms with Gasteiger partial charge < -0.3 is 9.73 Å². The fraction of sp³-hybridized carbons (Fsp3) is 0.208. The van der Waals surface area contributed by atoms with Crippen molar-refractivity contribution in [3.05, 3.63) is 89.1 Å². The molecule has 1 N–H and O–H groups in total. The number of hydrogen-bond acceptors (Lipinski definition) is 4. The van der Waals surface area contributed by atoms with Crippen LogP contribution in [0.3, 0.4) is 0 Å². The first kappa shape index (κ1) is 22.3. The standard InChI is InChI=1S/C24H21F3N4O2/c1-15-3-7-17(8-4-15)23-30-18(14-33-23)11-12-28-22(32)20-13-29-31(21(20)24(25,26)27)19-9-5-16(2)6-10-19/h3-10,13-14H,11-12H2,1-2H3,(H,28,32). The Labute approximate surface area is 188 Å². The zero-order chi connectivity index (χ0) is 23.6. The molecular formula is C24H21F3N4O2. The number of carbonyl (C=O) groups is 1. The van der Waals surface area contributed by atoms with Gasteiger partial charge in [-0.1, -0.05) is 35.4 Å². The van der Waals surface area contributed by atoms with Crippen molar-refractivity contribution in [3.8, 4) is 17.1 Å². The van der Waals surface area contributed by atoms with Crippen LogP contribution in [0.15, 0.2) is 65.4 Å². The minimum Gasteiger partial charge on any atom is -0.444 e. The van der Waals surface area contributed by atoms with Crippen molar-refractivity contribution in [3.63, 3.8) is 0 Å². The monoisotopic (exact) mass is 454 g/mol. The highest BCUT2D eigenvalue weighted by Crippen LogP contribution is 2.33. The lowest BCUT2D eigenvalue weighted by molar-refractivity contribution is -0.143. The quantitative estimate of drug-likeness (QED) is 0.438. The molecule has 1 amide bonds. The summed E-state index contributed by atoms with van der Waals surface area (Å²) < 4.78 is 47.5. The van der Waals surface area contributed by atoms with Gasteiger partial charge in [0.15, 0.2) is 5.69 Å². The van der Waals surface area contributed by atoms with Gasteiger partial charge in [-0.2, -0.15) is 18.3 Å². The first-order chi connectivity index (χ1) is 15.7. The van der Waals surface area contributed by atoms with Crippen molar-refractivity contribution in [1.82, 2.24) is 20.1 Å². The van der Waals surface area contributed by atoms with Crippen molar-refractivity contribution in [2.45, 2.75) is 26.4 Å². The van der Waals surface area contributed by atoms with Crippen LogP contribution >= 0.6 is 0 Å². The third-order valence-electron chi connectivity index (χ3n) is 5.08. The number of alkyl halides is 3. The van der Waals surface area contributed by atoms with Gasteiger partial charge in [0.1, 0.15) is 6.26 Å². The Bertz CT molecular complexity index is 1260. The van der Waals surface area contributed by atoms with Gasteiger partial charge in [0.05, 0.1) is 23.1 Å². The Morgan fingerprint density at radius 2 is 1.67 bits per heavy atom. The predicted molar refractivity (Wildman–Crippen MR) is 116 cm³/mol. The fourth-order valence-corrected chi connectivity index (χ4v) is 3.32. The Morgan fingerprint density at radius 3 is 2.30 bits per heavy atom. The molecule has 0 aliphatic rings. The molecule has 0 unspecified atom stereocenters. The Kier molecular flexibility index (Phi) is 6.04. The van der Waals surface area contributed by atoms with E-state index in [1.807, 2.05) is 38.1 Å². The number of oxazole rings is 1. The molecule has 170 valence electrons. The van der Waals surface area contributed by atoms with Gasteiger partial charge in [-0.3, -0.25) is 4.79 Å². The number of amides is 1. The summed E-state index contributed by atoms with van der Waals surface area (Å²) >= 11 is 0. The summed E-state index contributed by atoms with van der Waals surface area (Å²) in [5.41, 5.74) is 1.97. The number of halogens is 3. The van der Waals surface area contributed by atoms with Gasteiger partial charge in [0, 0.05) is 18.5 Å². The number of benzene rings is 2. The molecule has 0 fully saturated rings. The van der Waals surface area contributed by atoms with E-state index in [4.69, 9.17) is 4.42 Å². The van der Waals surface area contributed by atoms with Crippen LogP contribution in [0.1, 0.15) is 32.9 Å². The number of rotatable bonds is 6. The molecule has 33 heavy (non-hydrogen) atoms. The molecular weight excluding hydrogens is 433 g/mol. The van der Waals surface area contributed by atoms with Crippen molar-refractivity contribution in [2.75, 3.05) is 6.54 Å². The van der Waals surface area contributed by atoms with E-state index in [2.05, 4.69) is 15.4 Å². The molecule has 2 aromatic heterocycles. The fourth-order valence-electron chi connectivity index (χ4n) is 3.32. The Balaban J connectivity index is 1.46. The Hall–Kier alpha value is -3.88. The van der Waals surface area contributed by atoms with E-state index in [0.717, 1.165) is 27.6 Å². The molecule has 0 radical (unpaired) electrons. The van der Waals surface area contributed by atoms with Crippen molar-refractivity contribution < 1.29 is 22.4 Å². The van der Waals surface area contributed by atoms with Crippen molar-refractivity contribution in [2.24, 2.45) is 0 Å². The first-order valence-corrected chi connectivity index (χ1v) is 10.2. The number of nitrogens with one attached hydrogen (secondary N) is 1. The third kappa shape index (κ3) is 4.97. The molecule has 4 rings (SSSR count).